The van der Waals surface area contributed by atoms with Crippen LogP contribution in [0.5, 0.6) is 0 Å². The number of hydrogen-bond donors (Lipinski definition) is 0. The molecule has 0 spiro atoms. The second kappa shape index (κ2) is 6.31. The highest BCUT2D eigenvalue weighted by atomic mass is 16.4. The van der Waals surface area contributed by atoms with Gasteiger partial charge in [-0.1, -0.05) is 32.0 Å². The van der Waals surface area contributed by atoms with Crippen LogP contribution in [0.4, 0.5) is 0 Å². The molecule has 1 aromatic carbocycles. The molecule has 0 aliphatic rings. The maximum absolute atomic E-state index is 5.66. The zero-order valence-electron chi connectivity index (χ0n) is 11.0. The molecule has 0 amide bonds. The number of hydrogen-bond acceptors (Lipinski definition) is 4. The molecule has 0 radical (unpaired) electrons. The van der Waals surface area contributed by atoms with Crippen LogP contribution in [0.1, 0.15) is 19.7 Å². The molecule has 0 saturated carbocycles. The topological polar surface area (TPSA) is 42.2 Å². The van der Waals surface area contributed by atoms with Gasteiger partial charge in [-0.2, -0.15) is 0 Å². The lowest BCUT2D eigenvalue weighted by Gasteiger charge is -2.16. The molecule has 0 unspecified atom stereocenters. The highest BCUT2D eigenvalue weighted by molar-refractivity contribution is 5.51. The molecular formula is C14H19N3O. The van der Waals surface area contributed by atoms with E-state index >= 15 is 0 Å². The van der Waals surface area contributed by atoms with Gasteiger partial charge in [-0.3, -0.25) is 0 Å². The van der Waals surface area contributed by atoms with Gasteiger partial charge in [0.05, 0.1) is 0 Å². The molecule has 0 fully saturated rings. The van der Waals surface area contributed by atoms with E-state index in [0.29, 0.717) is 11.8 Å². The molecule has 1 aromatic heterocycles. The first-order valence-corrected chi connectivity index (χ1v) is 6.43. The van der Waals surface area contributed by atoms with Gasteiger partial charge in [0.15, 0.2) is 0 Å². The van der Waals surface area contributed by atoms with Crippen molar-refractivity contribution in [3.8, 4) is 11.5 Å². The van der Waals surface area contributed by atoms with Crippen molar-refractivity contribution >= 4 is 0 Å². The predicted molar refractivity (Wildman–Crippen MR) is 71.2 cm³/mol. The molecule has 0 aliphatic heterocycles. The van der Waals surface area contributed by atoms with Gasteiger partial charge in [0.2, 0.25) is 11.8 Å². The van der Waals surface area contributed by atoms with Crippen LogP contribution in [0.2, 0.25) is 0 Å². The molecule has 0 atom stereocenters. The van der Waals surface area contributed by atoms with Crippen molar-refractivity contribution in [3.05, 3.63) is 36.2 Å². The zero-order valence-corrected chi connectivity index (χ0v) is 11.0. The van der Waals surface area contributed by atoms with Crippen molar-refractivity contribution in [2.45, 2.75) is 20.3 Å². The molecule has 0 N–H and O–H groups in total. The van der Waals surface area contributed by atoms with E-state index < -0.39 is 0 Å². The Hall–Kier alpha value is -1.68. The van der Waals surface area contributed by atoms with E-state index in [4.69, 9.17) is 4.42 Å². The van der Waals surface area contributed by atoms with E-state index in [2.05, 4.69) is 28.9 Å². The van der Waals surface area contributed by atoms with E-state index in [1.54, 1.807) is 0 Å². The average molecular weight is 245 g/mol. The summed E-state index contributed by atoms with van der Waals surface area (Å²) >= 11 is 0. The Labute approximate surface area is 108 Å². The molecule has 18 heavy (non-hydrogen) atoms. The zero-order chi connectivity index (χ0) is 12.8. The summed E-state index contributed by atoms with van der Waals surface area (Å²) in [5.74, 6) is 1.31. The van der Waals surface area contributed by atoms with Crippen molar-refractivity contribution in [3.63, 3.8) is 0 Å². The molecule has 2 aromatic rings. The van der Waals surface area contributed by atoms with Gasteiger partial charge in [0, 0.05) is 18.5 Å². The van der Waals surface area contributed by atoms with Gasteiger partial charge in [-0.25, -0.2) is 0 Å². The van der Waals surface area contributed by atoms with Crippen LogP contribution < -0.4 is 0 Å². The van der Waals surface area contributed by atoms with Crippen LogP contribution in [0.15, 0.2) is 34.7 Å². The van der Waals surface area contributed by atoms with E-state index in [0.717, 1.165) is 31.6 Å². The number of aromatic nitrogens is 2. The third-order valence-corrected chi connectivity index (χ3v) is 3.02. The van der Waals surface area contributed by atoms with Gasteiger partial charge in [0.1, 0.15) is 0 Å². The molecule has 2 rings (SSSR count). The Balaban J connectivity index is 1.98. The van der Waals surface area contributed by atoms with Crippen molar-refractivity contribution in [1.82, 2.24) is 15.1 Å². The lowest BCUT2D eigenvalue weighted by Crippen LogP contribution is -2.25. The van der Waals surface area contributed by atoms with E-state index in [1.165, 1.54) is 0 Å². The maximum atomic E-state index is 5.66. The first-order valence-electron chi connectivity index (χ1n) is 6.43. The summed E-state index contributed by atoms with van der Waals surface area (Å²) in [6, 6.07) is 9.86. The Kier molecular flexibility index (Phi) is 4.47. The Bertz CT molecular complexity index is 463. The SMILES string of the molecule is CCN(CC)CCc1nnc(-c2ccccc2)o1. The van der Waals surface area contributed by atoms with Gasteiger partial charge < -0.3 is 9.32 Å². The standard InChI is InChI=1S/C14H19N3O/c1-3-17(4-2)11-10-13-15-16-14(18-13)12-8-6-5-7-9-12/h5-9H,3-4,10-11H2,1-2H3. The smallest absolute Gasteiger partial charge is 0.247 e. The van der Waals surface area contributed by atoms with Crippen molar-refractivity contribution in [2.24, 2.45) is 0 Å². The Morgan fingerprint density at radius 1 is 1.06 bits per heavy atom. The van der Waals surface area contributed by atoms with Crippen molar-refractivity contribution in [1.29, 1.82) is 0 Å². The van der Waals surface area contributed by atoms with Crippen LogP contribution in [0.3, 0.4) is 0 Å². The van der Waals surface area contributed by atoms with Crippen molar-refractivity contribution < 1.29 is 4.42 Å². The summed E-state index contributed by atoms with van der Waals surface area (Å²) in [5.41, 5.74) is 0.971. The molecule has 0 saturated heterocycles. The van der Waals surface area contributed by atoms with E-state index in [9.17, 15) is 0 Å². The summed E-state index contributed by atoms with van der Waals surface area (Å²) < 4.78 is 5.66. The lowest BCUT2D eigenvalue weighted by molar-refractivity contribution is 0.297. The monoisotopic (exact) mass is 245 g/mol. The number of benzene rings is 1. The predicted octanol–water partition coefficient (Wildman–Crippen LogP) is 2.62. The minimum atomic E-state index is 0.602. The average Bonchev–Trinajstić information content (AvgIpc) is 2.90. The Morgan fingerprint density at radius 2 is 1.78 bits per heavy atom. The number of nitrogens with zero attached hydrogens (tertiary/aromatic N) is 3. The Morgan fingerprint density at radius 3 is 2.44 bits per heavy atom. The van der Waals surface area contributed by atoms with Gasteiger partial charge in [-0.15, -0.1) is 10.2 Å². The number of likely N-dealkylation sites (N-methyl/N-ethyl adjacent to an activating group) is 1. The first-order chi connectivity index (χ1) is 8.83. The highest BCUT2D eigenvalue weighted by Gasteiger charge is 2.09. The summed E-state index contributed by atoms with van der Waals surface area (Å²) in [6.45, 7) is 7.38. The molecule has 0 aliphatic carbocycles. The number of rotatable bonds is 6. The largest absolute Gasteiger partial charge is 0.421 e. The third kappa shape index (κ3) is 3.17. The first kappa shape index (κ1) is 12.8. The molecule has 1 heterocycles. The lowest BCUT2D eigenvalue weighted by atomic mass is 10.2. The second-order valence-electron chi connectivity index (χ2n) is 4.14. The summed E-state index contributed by atoms with van der Waals surface area (Å²) in [4.78, 5) is 2.34. The molecule has 4 heteroatoms. The third-order valence-electron chi connectivity index (χ3n) is 3.02. The van der Waals surface area contributed by atoms with Crippen molar-refractivity contribution in [2.75, 3.05) is 19.6 Å². The molecular weight excluding hydrogens is 226 g/mol. The van der Waals surface area contributed by atoms with E-state index in [1.807, 2.05) is 30.3 Å². The maximum Gasteiger partial charge on any atom is 0.247 e. The van der Waals surface area contributed by atoms with Crippen LogP contribution in [-0.2, 0) is 6.42 Å². The summed E-state index contributed by atoms with van der Waals surface area (Å²) in [5, 5.41) is 8.17. The van der Waals surface area contributed by atoms with Crippen LogP contribution in [-0.4, -0.2) is 34.7 Å². The summed E-state index contributed by atoms with van der Waals surface area (Å²) in [7, 11) is 0. The highest BCUT2D eigenvalue weighted by Crippen LogP contribution is 2.17. The quantitative estimate of drug-likeness (QED) is 0.784. The fraction of sp³-hybridized carbons (Fsp3) is 0.429. The minimum absolute atomic E-state index is 0.602. The van der Waals surface area contributed by atoms with Gasteiger partial charge in [0.25, 0.3) is 0 Å². The van der Waals surface area contributed by atoms with Gasteiger partial charge in [-0.05, 0) is 25.2 Å². The van der Waals surface area contributed by atoms with Crippen LogP contribution in [0, 0.1) is 0 Å². The molecule has 96 valence electrons. The second-order valence-corrected chi connectivity index (χ2v) is 4.14. The fourth-order valence-corrected chi connectivity index (χ4v) is 1.85. The van der Waals surface area contributed by atoms with E-state index in [-0.39, 0.29) is 0 Å². The van der Waals surface area contributed by atoms with Crippen LogP contribution >= 0.6 is 0 Å². The molecule has 4 nitrogen and oxygen atoms in total. The normalized spacial score (nSPS) is 11.1. The fourth-order valence-electron chi connectivity index (χ4n) is 1.85. The van der Waals surface area contributed by atoms with Gasteiger partial charge >= 0.3 is 0 Å². The minimum Gasteiger partial charge on any atom is -0.421 e. The molecule has 0 bridgehead atoms. The summed E-state index contributed by atoms with van der Waals surface area (Å²) in [6.07, 6.45) is 0.807. The van der Waals surface area contributed by atoms with Crippen LogP contribution in [0.25, 0.3) is 11.5 Å².